The molecule has 0 aliphatic heterocycles. The Kier molecular flexibility index (Phi) is 7.87. The highest BCUT2D eigenvalue weighted by Crippen LogP contribution is 2.15. The highest BCUT2D eigenvalue weighted by atomic mass is 79.9. The molecule has 0 saturated heterocycles. The molecule has 0 aromatic carbocycles. The highest BCUT2D eigenvalue weighted by Gasteiger charge is 2.08. The van der Waals surface area contributed by atoms with Crippen molar-refractivity contribution in [3.05, 3.63) is 21.0 Å². The van der Waals surface area contributed by atoms with E-state index in [1.54, 1.807) is 13.1 Å². The van der Waals surface area contributed by atoms with Gasteiger partial charge in [-0.05, 0) is 36.9 Å². The van der Waals surface area contributed by atoms with Crippen LogP contribution in [-0.2, 0) is 6.54 Å². The summed E-state index contributed by atoms with van der Waals surface area (Å²) < 4.78 is 1.94. The molecule has 0 spiro atoms. The first-order valence-electron chi connectivity index (χ1n) is 6.94. The first kappa shape index (κ1) is 18.1. The molecule has 0 saturated carbocycles. The third-order valence-corrected chi connectivity index (χ3v) is 3.57. The molecule has 3 N–H and O–H groups in total. The van der Waals surface area contributed by atoms with E-state index in [0.29, 0.717) is 36.3 Å². The summed E-state index contributed by atoms with van der Waals surface area (Å²) in [5.41, 5.74) is 0.540. The van der Waals surface area contributed by atoms with Crippen LogP contribution >= 0.6 is 15.9 Å². The number of likely N-dealkylation sites (N-methyl/N-ethyl adjacent to an activating group) is 1. The van der Waals surface area contributed by atoms with Gasteiger partial charge in [-0.2, -0.15) is 5.10 Å². The van der Waals surface area contributed by atoms with Crippen molar-refractivity contribution < 1.29 is 5.11 Å². The van der Waals surface area contributed by atoms with Gasteiger partial charge in [0, 0.05) is 26.2 Å². The molecule has 0 radical (unpaired) electrons. The minimum atomic E-state index is -0.362. The predicted molar refractivity (Wildman–Crippen MR) is 87.8 cm³/mol. The van der Waals surface area contributed by atoms with Crippen LogP contribution in [-0.4, -0.2) is 66.2 Å². The summed E-state index contributed by atoms with van der Waals surface area (Å²) >= 11 is 3.32. The fourth-order valence-corrected chi connectivity index (χ4v) is 2.09. The van der Waals surface area contributed by atoms with E-state index in [9.17, 15) is 4.79 Å². The zero-order valence-corrected chi connectivity index (χ0v) is 14.4. The quantitative estimate of drug-likeness (QED) is 0.535. The Morgan fingerprint density at radius 2 is 2.19 bits per heavy atom. The topological polar surface area (TPSA) is 82.4 Å². The molecule has 1 atom stereocenters. The van der Waals surface area contributed by atoms with Gasteiger partial charge in [-0.15, -0.1) is 0 Å². The van der Waals surface area contributed by atoms with Gasteiger partial charge in [-0.3, -0.25) is 4.79 Å². The molecule has 0 aliphatic carbocycles. The summed E-state index contributed by atoms with van der Waals surface area (Å²) in [5.74, 6) is 0. The van der Waals surface area contributed by atoms with Gasteiger partial charge in [-0.25, -0.2) is 4.68 Å². The summed E-state index contributed by atoms with van der Waals surface area (Å²) in [5, 5.41) is 19.5. The molecule has 0 fully saturated rings. The first-order valence-corrected chi connectivity index (χ1v) is 7.74. The lowest BCUT2D eigenvalue weighted by Gasteiger charge is -2.13. The zero-order valence-electron chi connectivity index (χ0n) is 12.8. The zero-order chi connectivity index (χ0) is 15.8. The summed E-state index contributed by atoms with van der Waals surface area (Å²) in [6, 6.07) is 0. The van der Waals surface area contributed by atoms with Crippen LogP contribution < -0.4 is 16.2 Å². The largest absolute Gasteiger partial charge is 0.392 e. The summed E-state index contributed by atoms with van der Waals surface area (Å²) in [7, 11) is 3.91. The number of nitrogens with zero attached hydrogens (tertiary/aromatic N) is 3. The lowest BCUT2D eigenvalue weighted by atomic mass is 10.4. The Balaban J connectivity index is 2.53. The SMILES string of the molecule is CC(O)CNCCNc1cnn(CCN(C)C)c(=O)c1Br. The fourth-order valence-electron chi connectivity index (χ4n) is 1.64. The van der Waals surface area contributed by atoms with Gasteiger partial charge < -0.3 is 20.6 Å². The number of hydrogen-bond donors (Lipinski definition) is 3. The monoisotopic (exact) mass is 361 g/mol. The molecule has 0 amide bonds. The predicted octanol–water partition coefficient (Wildman–Crippen LogP) is -0.0503. The average Bonchev–Trinajstić information content (AvgIpc) is 2.41. The first-order chi connectivity index (χ1) is 9.91. The smallest absolute Gasteiger partial charge is 0.283 e. The maximum Gasteiger partial charge on any atom is 0.283 e. The maximum atomic E-state index is 12.1. The molecule has 7 nitrogen and oxygen atoms in total. The molecule has 1 unspecified atom stereocenters. The van der Waals surface area contributed by atoms with Gasteiger partial charge >= 0.3 is 0 Å². The molecule has 1 aromatic rings. The third kappa shape index (κ3) is 6.56. The minimum absolute atomic E-state index is 0.140. The average molecular weight is 362 g/mol. The van der Waals surface area contributed by atoms with E-state index in [1.165, 1.54) is 4.68 Å². The van der Waals surface area contributed by atoms with Crippen molar-refractivity contribution in [3.8, 4) is 0 Å². The molecule has 1 heterocycles. The number of rotatable bonds is 9. The van der Waals surface area contributed by atoms with E-state index in [1.807, 2.05) is 19.0 Å². The molecule has 1 aromatic heterocycles. The van der Waals surface area contributed by atoms with Gasteiger partial charge in [0.15, 0.2) is 0 Å². The van der Waals surface area contributed by atoms with Gasteiger partial charge in [0.05, 0.1) is 24.5 Å². The maximum absolute atomic E-state index is 12.1. The van der Waals surface area contributed by atoms with Gasteiger partial charge in [0.1, 0.15) is 4.47 Å². The van der Waals surface area contributed by atoms with Crippen molar-refractivity contribution in [2.45, 2.75) is 19.6 Å². The van der Waals surface area contributed by atoms with Crippen LogP contribution in [0.3, 0.4) is 0 Å². The lowest BCUT2D eigenvalue weighted by molar-refractivity contribution is 0.192. The van der Waals surface area contributed by atoms with E-state index in [-0.39, 0.29) is 11.7 Å². The number of halogens is 1. The van der Waals surface area contributed by atoms with Crippen molar-refractivity contribution >= 4 is 21.6 Å². The molecule has 120 valence electrons. The van der Waals surface area contributed by atoms with Gasteiger partial charge in [0.2, 0.25) is 0 Å². The second kappa shape index (κ2) is 9.14. The Morgan fingerprint density at radius 1 is 1.48 bits per heavy atom. The van der Waals surface area contributed by atoms with E-state index < -0.39 is 0 Å². The summed E-state index contributed by atoms with van der Waals surface area (Å²) in [6.45, 7) is 4.94. The number of aliphatic hydroxyl groups is 1. The van der Waals surface area contributed by atoms with Crippen molar-refractivity contribution in [2.24, 2.45) is 0 Å². The Morgan fingerprint density at radius 3 is 2.81 bits per heavy atom. The fraction of sp³-hybridized carbons (Fsp3) is 0.692. The highest BCUT2D eigenvalue weighted by molar-refractivity contribution is 9.10. The standard InChI is InChI=1S/C13H24BrN5O2/c1-10(20)8-15-4-5-16-11-9-17-19(7-6-18(2)3)13(21)12(11)14/h9-10,15-16,20H,4-8H2,1-3H3. The molecule has 8 heteroatoms. The van der Waals surface area contributed by atoms with Crippen LogP contribution in [0.15, 0.2) is 15.5 Å². The van der Waals surface area contributed by atoms with E-state index in [4.69, 9.17) is 5.11 Å². The Labute approximate surface area is 133 Å². The molecule has 0 bridgehead atoms. The summed E-state index contributed by atoms with van der Waals surface area (Å²) in [6.07, 6.45) is 1.29. The molecular weight excluding hydrogens is 338 g/mol. The number of aromatic nitrogens is 2. The van der Waals surface area contributed by atoms with Crippen LogP contribution in [0.5, 0.6) is 0 Å². The number of aliphatic hydroxyl groups excluding tert-OH is 1. The summed E-state index contributed by atoms with van der Waals surface area (Å²) in [4.78, 5) is 14.1. The Hall–Kier alpha value is -0.960. The normalized spacial score (nSPS) is 12.7. The van der Waals surface area contributed by atoms with Crippen LogP contribution in [0.2, 0.25) is 0 Å². The van der Waals surface area contributed by atoms with Crippen molar-refractivity contribution in [2.75, 3.05) is 45.6 Å². The van der Waals surface area contributed by atoms with E-state index in [2.05, 4.69) is 31.7 Å². The van der Waals surface area contributed by atoms with E-state index in [0.717, 1.165) is 6.54 Å². The second-order valence-corrected chi connectivity index (χ2v) is 5.98. The van der Waals surface area contributed by atoms with Crippen molar-refractivity contribution in [1.82, 2.24) is 20.0 Å². The number of anilines is 1. The van der Waals surface area contributed by atoms with Crippen LogP contribution in [0.25, 0.3) is 0 Å². The van der Waals surface area contributed by atoms with Gasteiger partial charge in [0.25, 0.3) is 5.56 Å². The number of hydrogen-bond acceptors (Lipinski definition) is 6. The van der Waals surface area contributed by atoms with Crippen molar-refractivity contribution in [1.29, 1.82) is 0 Å². The molecule has 0 aliphatic rings. The second-order valence-electron chi connectivity index (χ2n) is 5.18. The molecular formula is C13H24BrN5O2. The van der Waals surface area contributed by atoms with Gasteiger partial charge in [-0.1, -0.05) is 0 Å². The Bertz CT molecular complexity index is 490. The minimum Gasteiger partial charge on any atom is -0.392 e. The molecule has 1 rings (SSSR count). The van der Waals surface area contributed by atoms with Crippen LogP contribution in [0.4, 0.5) is 5.69 Å². The van der Waals surface area contributed by atoms with Crippen LogP contribution in [0.1, 0.15) is 6.92 Å². The third-order valence-electron chi connectivity index (χ3n) is 2.80. The number of nitrogens with one attached hydrogen (secondary N) is 2. The molecule has 21 heavy (non-hydrogen) atoms. The van der Waals surface area contributed by atoms with E-state index >= 15 is 0 Å². The lowest BCUT2D eigenvalue weighted by Crippen LogP contribution is -2.31. The van der Waals surface area contributed by atoms with Crippen molar-refractivity contribution in [3.63, 3.8) is 0 Å². The van der Waals surface area contributed by atoms with Crippen LogP contribution in [0, 0.1) is 0 Å².